The van der Waals surface area contributed by atoms with Gasteiger partial charge in [-0.3, -0.25) is 4.79 Å². The highest BCUT2D eigenvalue weighted by atomic mass is 35.5. The lowest BCUT2D eigenvalue weighted by atomic mass is 10.3. The van der Waals surface area contributed by atoms with Gasteiger partial charge in [0.15, 0.2) is 5.16 Å². The number of benzene rings is 2. The Morgan fingerprint density at radius 2 is 1.96 bits per heavy atom. The number of para-hydroxylation sites is 3. The fourth-order valence-electron chi connectivity index (χ4n) is 2.36. The van der Waals surface area contributed by atoms with E-state index in [0.29, 0.717) is 23.1 Å². The third kappa shape index (κ3) is 4.27. The lowest BCUT2D eigenvalue weighted by Gasteiger charge is -2.09. The Labute approximate surface area is 154 Å². The summed E-state index contributed by atoms with van der Waals surface area (Å²) in [5, 5.41) is 1.35. The monoisotopic (exact) mass is 376 g/mol. The van der Waals surface area contributed by atoms with E-state index in [1.807, 2.05) is 47.0 Å². The second kappa shape index (κ2) is 8.27. The van der Waals surface area contributed by atoms with Crippen LogP contribution in [0.15, 0.2) is 53.7 Å². The molecule has 0 fully saturated rings. The molecular formula is C18H17ClN2O3S. The zero-order valence-electron chi connectivity index (χ0n) is 13.6. The number of esters is 1. The summed E-state index contributed by atoms with van der Waals surface area (Å²) >= 11 is 7.60. The summed E-state index contributed by atoms with van der Waals surface area (Å²) in [6, 6.07) is 15.1. The van der Waals surface area contributed by atoms with Gasteiger partial charge in [-0.05, 0) is 24.3 Å². The molecule has 0 bridgehead atoms. The summed E-state index contributed by atoms with van der Waals surface area (Å²) in [6.45, 7) is 0.612. The molecule has 130 valence electrons. The van der Waals surface area contributed by atoms with Gasteiger partial charge in [0.1, 0.15) is 12.3 Å². The van der Waals surface area contributed by atoms with Crippen molar-refractivity contribution < 1.29 is 14.3 Å². The summed E-state index contributed by atoms with van der Waals surface area (Å²) < 4.78 is 12.3. The van der Waals surface area contributed by atoms with Crippen LogP contribution in [0.5, 0.6) is 5.75 Å². The van der Waals surface area contributed by atoms with Crippen molar-refractivity contribution in [3.63, 3.8) is 0 Å². The van der Waals surface area contributed by atoms with Crippen LogP contribution < -0.4 is 4.74 Å². The van der Waals surface area contributed by atoms with E-state index in [1.165, 1.54) is 18.9 Å². The van der Waals surface area contributed by atoms with Gasteiger partial charge in [0.2, 0.25) is 0 Å². The van der Waals surface area contributed by atoms with E-state index in [1.54, 1.807) is 6.07 Å². The maximum Gasteiger partial charge on any atom is 0.325 e. The van der Waals surface area contributed by atoms with Crippen molar-refractivity contribution in [2.45, 2.75) is 11.7 Å². The van der Waals surface area contributed by atoms with Crippen molar-refractivity contribution in [1.29, 1.82) is 0 Å². The van der Waals surface area contributed by atoms with Crippen LogP contribution >= 0.6 is 23.4 Å². The summed E-state index contributed by atoms with van der Waals surface area (Å²) in [5.74, 6) is 1.03. The van der Waals surface area contributed by atoms with Gasteiger partial charge >= 0.3 is 5.97 Å². The SMILES string of the molecule is COC(=O)Cn1c(SCCOc2ccccc2Cl)nc2ccccc21. The van der Waals surface area contributed by atoms with Crippen LogP contribution in [0.2, 0.25) is 5.02 Å². The number of rotatable bonds is 7. The van der Waals surface area contributed by atoms with Crippen LogP contribution in [0.1, 0.15) is 0 Å². The van der Waals surface area contributed by atoms with E-state index in [-0.39, 0.29) is 12.5 Å². The number of aromatic nitrogens is 2. The third-order valence-electron chi connectivity index (χ3n) is 3.54. The summed E-state index contributed by atoms with van der Waals surface area (Å²) in [5.41, 5.74) is 1.75. The smallest absolute Gasteiger partial charge is 0.325 e. The van der Waals surface area contributed by atoms with Crippen molar-refractivity contribution >= 4 is 40.4 Å². The van der Waals surface area contributed by atoms with E-state index >= 15 is 0 Å². The van der Waals surface area contributed by atoms with Gasteiger partial charge in [-0.1, -0.05) is 47.6 Å². The molecule has 3 aromatic rings. The molecule has 0 atom stereocenters. The second-order valence-electron chi connectivity index (χ2n) is 5.17. The number of methoxy groups -OCH3 is 1. The number of carbonyl (C=O) groups excluding carboxylic acids is 1. The first-order valence-corrected chi connectivity index (χ1v) is 9.07. The highest BCUT2D eigenvalue weighted by Crippen LogP contribution is 2.26. The minimum absolute atomic E-state index is 0.130. The van der Waals surface area contributed by atoms with Crippen molar-refractivity contribution in [1.82, 2.24) is 9.55 Å². The van der Waals surface area contributed by atoms with Crippen molar-refractivity contribution in [2.75, 3.05) is 19.5 Å². The minimum atomic E-state index is -0.308. The Balaban J connectivity index is 1.69. The Bertz CT molecular complexity index is 882. The number of fused-ring (bicyclic) bond motifs is 1. The Hall–Kier alpha value is -2.18. The Morgan fingerprint density at radius 3 is 2.76 bits per heavy atom. The molecular weight excluding hydrogens is 360 g/mol. The number of thioether (sulfide) groups is 1. The van der Waals surface area contributed by atoms with Gasteiger partial charge in [-0.15, -0.1) is 0 Å². The first kappa shape index (κ1) is 17.6. The zero-order valence-corrected chi connectivity index (χ0v) is 15.2. The first-order valence-electron chi connectivity index (χ1n) is 7.71. The predicted octanol–water partition coefficient (Wildman–Crippen LogP) is 4.03. The molecule has 2 aromatic carbocycles. The van der Waals surface area contributed by atoms with Crippen molar-refractivity contribution in [2.24, 2.45) is 0 Å². The number of hydrogen-bond donors (Lipinski definition) is 0. The average Bonchev–Trinajstić information content (AvgIpc) is 2.97. The zero-order chi connectivity index (χ0) is 17.6. The summed E-state index contributed by atoms with van der Waals surface area (Å²) in [4.78, 5) is 16.3. The summed E-state index contributed by atoms with van der Waals surface area (Å²) in [6.07, 6.45) is 0. The fourth-order valence-corrected chi connectivity index (χ4v) is 3.38. The van der Waals surface area contributed by atoms with Gasteiger partial charge in [0.25, 0.3) is 0 Å². The maximum absolute atomic E-state index is 11.7. The number of halogens is 1. The minimum Gasteiger partial charge on any atom is -0.491 e. The van der Waals surface area contributed by atoms with Crippen LogP contribution in [-0.4, -0.2) is 35.0 Å². The molecule has 3 rings (SSSR count). The van der Waals surface area contributed by atoms with Crippen LogP contribution in [0.3, 0.4) is 0 Å². The average molecular weight is 377 g/mol. The van der Waals surface area contributed by atoms with Crippen LogP contribution in [0, 0.1) is 0 Å². The molecule has 1 aromatic heterocycles. The highest BCUT2D eigenvalue weighted by Gasteiger charge is 2.14. The largest absolute Gasteiger partial charge is 0.491 e. The highest BCUT2D eigenvalue weighted by molar-refractivity contribution is 7.99. The molecule has 0 N–H and O–H groups in total. The predicted molar refractivity (Wildman–Crippen MR) is 99.4 cm³/mol. The van der Waals surface area contributed by atoms with E-state index in [4.69, 9.17) is 21.1 Å². The standard InChI is InChI=1S/C18H17ClN2O3S/c1-23-17(22)12-21-15-8-4-3-7-14(15)20-18(21)25-11-10-24-16-9-5-2-6-13(16)19/h2-9H,10-12H2,1H3. The molecule has 0 aliphatic carbocycles. The molecule has 1 heterocycles. The third-order valence-corrected chi connectivity index (χ3v) is 4.80. The van der Waals surface area contributed by atoms with Gasteiger partial charge in [-0.25, -0.2) is 4.98 Å². The normalized spacial score (nSPS) is 10.8. The number of carbonyl (C=O) groups is 1. The number of hydrogen-bond acceptors (Lipinski definition) is 5. The molecule has 0 radical (unpaired) electrons. The van der Waals surface area contributed by atoms with Crippen LogP contribution in [0.4, 0.5) is 0 Å². The lowest BCUT2D eigenvalue weighted by molar-refractivity contribution is -0.141. The topological polar surface area (TPSA) is 53.4 Å². The summed E-state index contributed by atoms with van der Waals surface area (Å²) in [7, 11) is 1.38. The van der Waals surface area contributed by atoms with E-state index in [2.05, 4.69) is 4.98 Å². The molecule has 0 saturated carbocycles. The van der Waals surface area contributed by atoms with Gasteiger partial charge in [0.05, 0.1) is 29.8 Å². The van der Waals surface area contributed by atoms with E-state index in [9.17, 15) is 4.79 Å². The molecule has 0 unspecified atom stereocenters. The lowest BCUT2D eigenvalue weighted by Crippen LogP contribution is -2.12. The molecule has 0 spiro atoms. The molecule has 0 amide bonds. The molecule has 5 nitrogen and oxygen atoms in total. The molecule has 7 heteroatoms. The molecule has 0 aliphatic heterocycles. The van der Waals surface area contributed by atoms with Gasteiger partial charge in [-0.2, -0.15) is 0 Å². The van der Waals surface area contributed by atoms with E-state index in [0.717, 1.165) is 16.2 Å². The van der Waals surface area contributed by atoms with Gasteiger partial charge in [0, 0.05) is 5.75 Å². The number of imidazole rings is 1. The number of nitrogens with zero attached hydrogens (tertiary/aromatic N) is 2. The Kier molecular flexibility index (Phi) is 5.83. The number of ether oxygens (including phenoxy) is 2. The molecule has 0 saturated heterocycles. The quantitative estimate of drug-likeness (QED) is 0.354. The van der Waals surface area contributed by atoms with Gasteiger partial charge < -0.3 is 14.0 Å². The molecule has 0 aliphatic rings. The maximum atomic E-state index is 11.7. The fraction of sp³-hybridized carbons (Fsp3) is 0.222. The second-order valence-corrected chi connectivity index (χ2v) is 6.64. The van der Waals surface area contributed by atoms with Crippen LogP contribution in [-0.2, 0) is 16.1 Å². The van der Waals surface area contributed by atoms with Crippen LogP contribution in [0.25, 0.3) is 11.0 Å². The molecule has 25 heavy (non-hydrogen) atoms. The Morgan fingerprint density at radius 1 is 1.20 bits per heavy atom. The first-order chi connectivity index (χ1) is 12.2. The van der Waals surface area contributed by atoms with Crippen molar-refractivity contribution in [3.05, 3.63) is 53.6 Å². The van der Waals surface area contributed by atoms with Crippen molar-refractivity contribution in [3.8, 4) is 5.75 Å². The van der Waals surface area contributed by atoms with E-state index < -0.39 is 0 Å².